The Morgan fingerprint density at radius 2 is 1.76 bits per heavy atom. The number of hydrogen-bond acceptors (Lipinski definition) is 2. The van der Waals surface area contributed by atoms with Crippen molar-refractivity contribution in [3.05, 3.63) is 41.7 Å². The Hall–Kier alpha value is -2.17. The molecule has 0 aromatic heterocycles. The van der Waals surface area contributed by atoms with E-state index in [1.807, 2.05) is 0 Å². The van der Waals surface area contributed by atoms with Crippen LogP contribution in [0.5, 0.6) is 0 Å². The van der Waals surface area contributed by atoms with Crippen LogP contribution in [0.1, 0.15) is 31.2 Å². The molecular formula is C16H18FNO3. The summed E-state index contributed by atoms with van der Waals surface area (Å²) < 4.78 is 12.7. The molecule has 1 aliphatic carbocycles. The van der Waals surface area contributed by atoms with Crippen LogP contribution in [0.4, 0.5) is 4.39 Å². The van der Waals surface area contributed by atoms with E-state index in [1.165, 1.54) is 18.2 Å². The van der Waals surface area contributed by atoms with E-state index in [2.05, 4.69) is 5.32 Å². The van der Waals surface area contributed by atoms with E-state index in [1.54, 1.807) is 18.2 Å². The molecule has 1 aromatic carbocycles. The number of rotatable bonds is 4. The van der Waals surface area contributed by atoms with E-state index < -0.39 is 5.97 Å². The maximum absolute atomic E-state index is 12.7. The monoisotopic (exact) mass is 291 g/mol. The molecule has 1 fully saturated rings. The van der Waals surface area contributed by atoms with Gasteiger partial charge < -0.3 is 10.4 Å². The van der Waals surface area contributed by atoms with Gasteiger partial charge in [0.15, 0.2) is 0 Å². The summed E-state index contributed by atoms with van der Waals surface area (Å²) in [6.07, 6.45) is 5.61. The molecule has 5 heteroatoms. The number of nitrogens with one attached hydrogen (secondary N) is 1. The summed E-state index contributed by atoms with van der Waals surface area (Å²) in [7, 11) is 0. The van der Waals surface area contributed by atoms with Crippen LogP contribution >= 0.6 is 0 Å². The first kappa shape index (κ1) is 15.2. The average molecular weight is 291 g/mol. The lowest BCUT2D eigenvalue weighted by Crippen LogP contribution is -2.37. The fourth-order valence-electron chi connectivity index (χ4n) is 2.48. The number of hydrogen-bond donors (Lipinski definition) is 2. The lowest BCUT2D eigenvalue weighted by Gasteiger charge is -2.26. The molecule has 21 heavy (non-hydrogen) atoms. The smallest absolute Gasteiger partial charge is 0.306 e. The topological polar surface area (TPSA) is 66.4 Å². The zero-order valence-electron chi connectivity index (χ0n) is 11.6. The zero-order valence-corrected chi connectivity index (χ0v) is 11.6. The molecule has 4 nitrogen and oxygen atoms in total. The SMILES string of the molecule is O=C(/C=C/c1ccc(F)cc1)NC1CCC(C(=O)O)CC1. The van der Waals surface area contributed by atoms with Gasteiger partial charge in [0.1, 0.15) is 5.82 Å². The van der Waals surface area contributed by atoms with Gasteiger partial charge in [-0.05, 0) is 49.5 Å². The Morgan fingerprint density at radius 1 is 1.14 bits per heavy atom. The molecule has 1 saturated carbocycles. The van der Waals surface area contributed by atoms with Crippen LogP contribution < -0.4 is 5.32 Å². The van der Waals surface area contributed by atoms with Crippen LogP contribution in [0.25, 0.3) is 6.08 Å². The fourth-order valence-corrected chi connectivity index (χ4v) is 2.48. The second-order valence-corrected chi connectivity index (χ2v) is 5.28. The van der Waals surface area contributed by atoms with Gasteiger partial charge in [-0.25, -0.2) is 4.39 Å². The largest absolute Gasteiger partial charge is 0.481 e. The Balaban J connectivity index is 1.80. The number of benzene rings is 1. The first-order valence-corrected chi connectivity index (χ1v) is 7.01. The quantitative estimate of drug-likeness (QED) is 0.838. The first-order chi connectivity index (χ1) is 10.0. The molecule has 0 saturated heterocycles. The van der Waals surface area contributed by atoms with Gasteiger partial charge in [-0.15, -0.1) is 0 Å². The van der Waals surface area contributed by atoms with Crippen LogP contribution in [-0.2, 0) is 9.59 Å². The summed E-state index contributed by atoms with van der Waals surface area (Å²) in [4.78, 5) is 22.6. The Labute approximate surface area is 122 Å². The van der Waals surface area contributed by atoms with Crippen molar-refractivity contribution < 1.29 is 19.1 Å². The normalized spacial score (nSPS) is 22.1. The predicted molar refractivity (Wildman–Crippen MR) is 77.0 cm³/mol. The lowest BCUT2D eigenvalue weighted by molar-refractivity contribution is -0.142. The third-order valence-corrected chi connectivity index (χ3v) is 3.72. The van der Waals surface area contributed by atoms with Gasteiger partial charge in [0.25, 0.3) is 0 Å². The first-order valence-electron chi connectivity index (χ1n) is 7.01. The van der Waals surface area contributed by atoms with Gasteiger partial charge in [-0.3, -0.25) is 9.59 Å². The van der Waals surface area contributed by atoms with Crippen LogP contribution in [0.3, 0.4) is 0 Å². The predicted octanol–water partition coefficient (Wildman–Crippen LogP) is 2.60. The molecule has 1 amide bonds. The second kappa shape index (κ2) is 7.02. The van der Waals surface area contributed by atoms with E-state index in [4.69, 9.17) is 5.11 Å². The fraction of sp³-hybridized carbons (Fsp3) is 0.375. The van der Waals surface area contributed by atoms with Crippen molar-refractivity contribution in [3.8, 4) is 0 Å². The molecule has 0 bridgehead atoms. The van der Waals surface area contributed by atoms with Crippen molar-refractivity contribution in [2.75, 3.05) is 0 Å². The molecular weight excluding hydrogens is 273 g/mol. The zero-order chi connectivity index (χ0) is 15.2. The number of halogens is 1. The number of aliphatic carboxylic acids is 1. The maximum Gasteiger partial charge on any atom is 0.306 e. The number of carboxylic acids is 1. The van der Waals surface area contributed by atoms with E-state index in [9.17, 15) is 14.0 Å². The van der Waals surface area contributed by atoms with Crippen molar-refractivity contribution in [1.82, 2.24) is 5.32 Å². The Kier molecular flexibility index (Phi) is 5.09. The molecule has 0 unspecified atom stereocenters. The minimum Gasteiger partial charge on any atom is -0.481 e. The van der Waals surface area contributed by atoms with Gasteiger partial charge in [0.2, 0.25) is 5.91 Å². The highest BCUT2D eigenvalue weighted by Crippen LogP contribution is 2.24. The van der Waals surface area contributed by atoms with Crippen LogP contribution in [0.2, 0.25) is 0 Å². The van der Waals surface area contributed by atoms with E-state index in [-0.39, 0.29) is 23.7 Å². The molecule has 0 spiro atoms. The summed E-state index contributed by atoms with van der Waals surface area (Å²) >= 11 is 0. The van der Waals surface area contributed by atoms with E-state index in [0.717, 1.165) is 5.56 Å². The van der Waals surface area contributed by atoms with Gasteiger partial charge >= 0.3 is 5.97 Å². The molecule has 1 aliphatic rings. The summed E-state index contributed by atoms with van der Waals surface area (Å²) in [5.41, 5.74) is 0.751. The van der Waals surface area contributed by atoms with Gasteiger partial charge in [-0.2, -0.15) is 0 Å². The van der Waals surface area contributed by atoms with Crippen molar-refractivity contribution in [1.29, 1.82) is 0 Å². The maximum atomic E-state index is 12.7. The van der Waals surface area contributed by atoms with Crippen molar-refractivity contribution in [2.24, 2.45) is 5.92 Å². The molecule has 0 atom stereocenters. The lowest BCUT2D eigenvalue weighted by atomic mass is 9.86. The van der Waals surface area contributed by atoms with E-state index in [0.29, 0.717) is 25.7 Å². The van der Waals surface area contributed by atoms with Crippen molar-refractivity contribution in [2.45, 2.75) is 31.7 Å². The van der Waals surface area contributed by atoms with Crippen LogP contribution in [0.15, 0.2) is 30.3 Å². The summed E-state index contributed by atoms with van der Waals surface area (Å²) in [6.45, 7) is 0. The minimum atomic E-state index is -0.754. The third kappa shape index (κ3) is 4.70. The Bertz CT molecular complexity index is 531. The van der Waals surface area contributed by atoms with Crippen LogP contribution in [0, 0.1) is 11.7 Å². The standard InChI is InChI=1S/C16H18FNO3/c17-13-6-1-11(2-7-13)3-10-15(19)18-14-8-4-12(5-9-14)16(20)21/h1-3,6-7,10,12,14H,4-5,8-9H2,(H,18,19)(H,20,21)/b10-3+. The molecule has 2 N–H and O–H groups in total. The molecule has 0 radical (unpaired) electrons. The molecule has 0 aliphatic heterocycles. The highest BCUT2D eigenvalue weighted by molar-refractivity contribution is 5.91. The number of amides is 1. The molecule has 0 heterocycles. The number of carbonyl (C=O) groups excluding carboxylic acids is 1. The molecule has 112 valence electrons. The summed E-state index contributed by atoms with van der Waals surface area (Å²) in [5, 5.41) is 11.8. The third-order valence-electron chi connectivity index (χ3n) is 3.72. The number of carboxylic acid groups (broad SMARTS) is 1. The highest BCUT2D eigenvalue weighted by atomic mass is 19.1. The summed E-state index contributed by atoms with van der Waals surface area (Å²) in [6, 6.07) is 5.90. The highest BCUT2D eigenvalue weighted by Gasteiger charge is 2.26. The van der Waals surface area contributed by atoms with Gasteiger partial charge in [0.05, 0.1) is 5.92 Å². The molecule has 2 rings (SSSR count). The second-order valence-electron chi connectivity index (χ2n) is 5.28. The van der Waals surface area contributed by atoms with E-state index >= 15 is 0 Å². The number of carbonyl (C=O) groups is 2. The minimum absolute atomic E-state index is 0.0333. The summed E-state index contributed by atoms with van der Waals surface area (Å²) in [5.74, 6) is -1.56. The average Bonchev–Trinajstić information content (AvgIpc) is 2.47. The van der Waals surface area contributed by atoms with Gasteiger partial charge in [0, 0.05) is 12.1 Å². The van der Waals surface area contributed by atoms with Crippen molar-refractivity contribution in [3.63, 3.8) is 0 Å². The van der Waals surface area contributed by atoms with Gasteiger partial charge in [-0.1, -0.05) is 12.1 Å². The molecule has 1 aromatic rings. The van der Waals surface area contributed by atoms with Crippen molar-refractivity contribution >= 4 is 18.0 Å². The Morgan fingerprint density at radius 3 is 2.33 bits per heavy atom. The van der Waals surface area contributed by atoms with Crippen LogP contribution in [-0.4, -0.2) is 23.0 Å².